The van der Waals surface area contributed by atoms with Gasteiger partial charge in [-0.25, -0.2) is 0 Å². The van der Waals surface area contributed by atoms with E-state index in [1.807, 2.05) is 7.05 Å². The molecule has 3 heteroatoms. The monoisotopic (exact) mass is 158 g/mol. The molecule has 0 aliphatic heterocycles. The standard InChI is InChI=1S/C8H18N2O/c1-4-5-7-11-8-6-10(3)9-2/h2,4-8H2,1,3H3. The van der Waals surface area contributed by atoms with Crippen LogP contribution >= 0.6 is 0 Å². The summed E-state index contributed by atoms with van der Waals surface area (Å²) in [6.07, 6.45) is 2.33. The molecule has 11 heavy (non-hydrogen) atoms. The number of likely N-dealkylation sites (N-methyl/N-ethyl adjacent to an activating group) is 1. The normalized spacial score (nSPS) is 9.64. The predicted octanol–water partition coefficient (Wildman–Crippen LogP) is 1.35. The summed E-state index contributed by atoms with van der Waals surface area (Å²) in [6.45, 7) is 7.98. The van der Waals surface area contributed by atoms with Crippen molar-refractivity contribution in [1.82, 2.24) is 5.01 Å². The maximum atomic E-state index is 5.32. The van der Waals surface area contributed by atoms with Gasteiger partial charge in [-0.3, -0.25) is 5.01 Å². The zero-order valence-electron chi connectivity index (χ0n) is 7.55. The van der Waals surface area contributed by atoms with Crippen LogP contribution in [0.25, 0.3) is 0 Å². The van der Waals surface area contributed by atoms with Gasteiger partial charge in [0.15, 0.2) is 0 Å². The lowest BCUT2D eigenvalue weighted by molar-refractivity contribution is 0.110. The van der Waals surface area contributed by atoms with Gasteiger partial charge in [0.05, 0.1) is 13.2 Å². The first-order chi connectivity index (χ1) is 5.31. The molecule has 3 nitrogen and oxygen atoms in total. The molecule has 0 radical (unpaired) electrons. The molecule has 0 N–H and O–H groups in total. The average molecular weight is 158 g/mol. The van der Waals surface area contributed by atoms with E-state index in [2.05, 4.69) is 18.7 Å². The molecule has 0 unspecified atom stereocenters. The van der Waals surface area contributed by atoms with Crippen LogP contribution < -0.4 is 0 Å². The number of ether oxygens (including phenoxy) is 1. The van der Waals surface area contributed by atoms with E-state index in [1.54, 1.807) is 5.01 Å². The molecule has 0 spiro atoms. The summed E-state index contributed by atoms with van der Waals surface area (Å²) in [5.74, 6) is 0. The van der Waals surface area contributed by atoms with Gasteiger partial charge >= 0.3 is 0 Å². The molecule has 0 aromatic rings. The Bertz CT molecular complexity index is 96.1. The van der Waals surface area contributed by atoms with Crippen LogP contribution in [0.2, 0.25) is 0 Å². The fourth-order valence-electron chi connectivity index (χ4n) is 0.616. The van der Waals surface area contributed by atoms with Crippen molar-refractivity contribution in [3.63, 3.8) is 0 Å². The molecular formula is C8H18N2O. The van der Waals surface area contributed by atoms with Crippen molar-refractivity contribution < 1.29 is 4.74 Å². The highest BCUT2D eigenvalue weighted by atomic mass is 16.5. The van der Waals surface area contributed by atoms with Gasteiger partial charge in [-0.1, -0.05) is 13.3 Å². The highest BCUT2D eigenvalue weighted by molar-refractivity contribution is 5.22. The Kier molecular flexibility index (Phi) is 7.15. The van der Waals surface area contributed by atoms with Gasteiger partial charge in [0, 0.05) is 20.4 Å². The van der Waals surface area contributed by atoms with E-state index in [1.165, 1.54) is 6.42 Å². The molecule has 0 aromatic carbocycles. The number of nitrogens with zero attached hydrogens (tertiary/aromatic N) is 2. The Labute approximate surface area is 69.0 Å². The summed E-state index contributed by atoms with van der Waals surface area (Å²) in [5, 5.41) is 5.48. The zero-order chi connectivity index (χ0) is 8.53. The molecule has 0 fully saturated rings. The van der Waals surface area contributed by atoms with E-state index in [0.29, 0.717) is 0 Å². The van der Waals surface area contributed by atoms with Crippen molar-refractivity contribution in [3.05, 3.63) is 0 Å². The molecular weight excluding hydrogens is 140 g/mol. The molecule has 0 amide bonds. The largest absolute Gasteiger partial charge is 0.380 e. The zero-order valence-corrected chi connectivity index (χ0v) is 7.55. The maximum Gasteiger partial charge on any atom is 0.0658 e. The molecule has 0 aromatic heterocycles. The fourth-order valence-corrected chi connectivity index (χ4v) is 0.616. The minimum absolute atomic E-state index is 0.746. The lowest BCUT2D eigenvalue weighted by Gasteiger charge is -2.11. The Balaban J connectivity index is 2.95. The summed E-state index contributed by atoms with van der Waals surface area (Å²) in [7, 11) is 1.89. The molecule has 0 aliphatic rings. The van der Waals surface area contributed by atoms with Crippen LogP contribution in [0.15, 0.2) is 5.10 Å². The van der Waals surface area contributed by atoms with Gasteiger partial charge in [-0.15, -0.1) is 0 Å². The third-order valence-corrected chi connectivity index (χ3v) is 1.44. The van der Waals surface area contributed by atoms with Crippen molar-refractivity contribution in [2.75, 3.05) is 26.8 Å². The first-order valence-electron chi connectivity index (χ1n) is 4.06. The van der Waals surface area contributed by atoms with E-state index in [-0.39, 0.29) is 0 Å². The van der Waals surface area contributed by atoms with Gasteiger partial charge in [0.1, 0.15) is 0 Å². The van der Waals surface area contributed by atoms with E-state index in [0.717, 1.165) is 26.2 Å². The Morgan fingerprint density at radius 2 is 2.18 bits per heavy atom. The second kappa shape index (κ2) is 7.54. The second-order valence-corrected chi connectivity index (χ2v) is 2.49. The molecule has 0 aliphatic carbocycles. The van der Waals surface area contributed by atoms with E-state index < -0.39 is 0 Å². The molecule has 0 saturated carbocycles. The van der Waals surface area contributed by atoms with Gasteiger partial charge in [0.25, 0.3) is 0 Å². The number of rotatable bonds is 7. The fraction of sp³-hybridized carbons (Fsp3) is 0.875. The number of hydrogen-bond donors (Lipinski definition) is 0. The van der Waals surface area contributed by atoms with Crippen LogP contribution in [0.4, 0.5) is 0 Å². The molecule has 0 bridgehead atoms. The molecule has 0 atom stereocenters. The third kappa shape index (κ3) is 7.33. The Morgan fingerprint density at radius 1 is 1.45 bits per heavy atom. The van der Waals surface area contributed by atoms with Crippen LogP contribution in [0, 0.1) is 0 Å². The van der Waals surface area contributed by atoms with Crippen molar-refractivity contribution in [3.8, 4) is 0 Å². The van der Waals surface area contributed by atoms with Crippen LogP contribution in [0.1, 0.15) is 19.8 Å². The highest BCUT2D eigenvalue weighted by Gasteiger charge is 1.90. The van der Waals surface area contributed by atoms with Gasteiger partial charge in [0.2, 0.25) is 0 Å². The molecule has 0 heterocycles. The first-order valence-corrected chi connectivity index (χ1v) is 4.06. The van der Waals surface area contributed by atoms with Gasteiger partial charge in [-0.05, 0) is 6.42 Å². The van der Waals surface area contributed by atoms with Crippen LogP contribution in [0.5, 0.6) is 0 Å². The van der Waals surface area contributed by atoms with Crippen LogP contribution in [0.3, 0.4) is 0 Å². The van der Waals surface area contributed by atoms with Crippen molar-refractivity contribution in [1.29, 1.82) is 0 Å². The van der Waals surface area contributed by atoms with Crippen LogP contribution in [-0.4, -0.2) is 38.5 Å². The maximum absolute atomic E-state index is 5.32. The Hall–Kier alpha value is -0.570. The lowest BCUT2D eigenvalue weighted by Crippen LogP contribution is -2.17. The Morgan fingerprint density at radius 3 is 2.73 bits per heavy atom. The quantitative estimate of drug-likeness (QED) is 0.317. The summed E-state index contributed by atoms with van der Waals surface area (Å²) in [4.78, 5) is 0. The van der Waals surface area contributed by atoms with Crippen molar-refractivity contribution in [2.45, 2.75) is 19.8 Å². The predicted molar refractivity (Wildman–Crippen MR) is 47.9 cm³/mol. The van der Waals surface area contributed by atoms with Gasteiger partial charge in [-0.2, -0.15) is 5.10 Å². The summed E-state index contributed by atoms with van der Waals surface area (Å²) in [5.41, 5.74) is 0. The van der Waals surface area contributed by atoms with Crippen molar-refractivity contribution in [2.24, 2.45) is 5.10 Å². The van der Waals surface area contributed by atoms with Gasteiger partial charge < -0.3 is 4.74 Å². The summed E-state index contributed by atoms with van der Waals surface area (Å²) < 4.78 is 5.32. The van der Waals surface area contributed by atoms with Crippen LogP contribution in [-0.2, 0) is 4.74 Å². The average Bonchev–Trinajstić information content (AvgIpc) is 2.04. The highest BCUT2D eigenvalue weighted by Crippen LogP contribution is 1.88. The van der Waals surface area contributed by atoms with E-state index >= 15 is 0 Å². The molecule has 0 saturated heterocycles. The SMILES string of the molecule is C=NN(C)CCOCCCC. The number of hydrogen-bond acceptors (Lipinski definition) is 3. The molecule has 66 valence electrons. The van der Waals surface area contributed by atoms with Crippen molar-refractivity contribution >= 4 is 6.72 Å². The third-order valence-electron chi connectivity index (χ3n) is 1.44. The number of unbranched alkanes of at least 4 members (excludes halogenated alkanes) is 1. The van der Waals surface area contributed by atoms with E-state index in [4.69, 9.17) is 4.74 Å². The van der Waals surface area contributed by atoms with E-state index in [9.17, 15) is 0 Å². The minimum Gasteiger partial charge on any atom is -0.380 e. The minimum atomic E-state index is 0.746. The summed E-state index contributed by atoms with van der Waals surface area (Å²) >= 11 is 0. The molecule has 0 rings (SSSR count). The lowest BCUT2D eigenvalue weighted by atomic mass is 10.4. The smallest absolute Gasteiger partial charge is 0.0658 e. The first kappa shape index (κ1) is 10.4. The topological polar surface area (TPSA) is 24.8 Å². The second-order valence-electron chi connectivity index (χ2n) is 2.49. The summed E-state index contributed by atoms with van der Waals surface area (Å²) in [6, 6.07) is 0. The number of hydrazone groups is 1.